The normalized spacial score (nSPS) is 11.3. The van der Waals surface area contributed by atoms with E-state index >= 15 is 0 Å². The lowest BCUT2D eigenvalue weighted by molar-refractivity contribution is -0.116. The number of nitrogens with zero attached hydrogens (tertiary/aromatic N) is 3. The van der Waals surface area contributed by atoms with Crippen molar-refractivity contribution >= 4 is 23.4 Å². The van der Waals surface area contributed by atoms with Gasteiger partial charge in [-0.15, -0.1) is 0 Å². The molecule has 1 heterocycles. The first-order chi connectivity index (χ1) is 17.0. The molecule has 0 radical (unpaired) electrons. The second-order valence-corrected chi connectivity index (χ2v) is 10.1. The number of carbonyl (C=O) groups excluding carboxylic acids is 2. The average molecular weight is 492 g/mol. The highest BCUT2D eigenvalue weighted by Crippen LogP contribution is 2.27. The van der Waals surface area contributed by atoms with Crippen LogP contribution in [0, 0.1) is 20.8 Å². The zero-order valence-electron chi connectivity index (χ0n) is 22.3. The van der Waals surface area contributed by atoms with Crippen molar-refractivity contribution in [2.45, 2.75) is 47.0 Å². The fourth-order valence-electron chi connectivity index (χ4n) is 3.65. The molecule has 3 rings (SSSR count). The highest BCUT2D eigenvalue weighted by Gasteiger charge is 2.23. The minimum atomic E-state index is -0.367. The van der Waals surface area contributed by atoms with E-state index in [1.165, 1.54) is 4.90 Å². The molecule has 0 aliphatic heterocycles. The lowest BCUT2D eigenvalue weighted by atomic mass is 9.92. The highest BCUT2D eigenvalue weighted by molar-refractivity contribution is 5.96. The molecule has 0 spiro atoms. The second kappa shape index (κ2) is 11.4. The fraction of sp³-hybridized carbons (Fsp3) is 0.393. The van der Waals surface area contributed by atoms with Crippen molar-refractivity contribution in [3.8, 4) is 5.69 Å². The maximum atomic E-state index is 13.2. The molecule has 192 valence electrons. The van der Waals surface area contributed by atoms with Crippen LogP contribution in [0.4, 0.5) is 16.3 Å². The van der Waals surface area contributed by atoms with Gasteiger partial charge in [-0.3, -0.25) is 4.79 Å². The largest absolute Gasteiger partial charge is 0.383 e. The summed E-state index contributed by atoms with van der Waals surface area (Å²) in [7, 11) is 1.56. The van der Waals surface area contributed by atoms with Crippen LogP contribution in [0.15, 0.2) is 48.5 Å². The zero-order valence-corrected chi connectivity index (χ0v) is 22.3. The van der Waals surface area contributed by atoms with Gasteiger partial charge in [-0.25, -0.2) is 9.48 Å². The number of aryl methyl sites for hydroxylation is 3. The highest BCUT2D eigenvalue weighted by atomic mass is 16.5. The Morgan fingerprint density at radius 3 is 2.33 bits per heavy atom. The number of ether oxygens (including phenoxy) is 1. The number of benzene rings is 2. The first-order valence-electron chi connectivity index (χ1n) is 12.1. The predicted octanol–water partition coefficient (Wildman–Crippen LogP) is 5.21. The van der Waals surface area contributed by atoms with E-state index in [0.29, 0.717) is 18.1 Å². The molecule has 36 heavy (non-hydrogen) atoms. The van der Waals surface area contributed by atoms with Gasteiger partial charge in [-0.2, -0.15) is 5.10 Å². The van der Waals surface area contributed by atoms with E-state index < -0.39 is 0 Å². The second-order valence-electron chi connectivity index (χ2n) is 10.1. The third-order valence-electron chi connectivity index (χ3n) is 6.03. The summed E-state index contributed by atoms with van der Waals surface area (Å²) < 4.78 is 6.92. The summed E-state index contributed by atoms with van der Waals surface area (Å²) in [5, 5.41) is 10.7. The first kappa shape index (κ1) is 26.9. The van der Waals surface area contributed by atoms with Crippen LogP contribution in [-0.4, -0.2) is 53.4 Å². The van der Waals surface area contributed by atoms with Gasteiger partial charge < -0.3 is 20.3 Å². The van der Waals surface area contributed by atoms with E-state index in [1.807, 2.05) is 69.3 Å². The monoisotopic (exact) mass is 491 g/mol. The standard InChI is InChI=1S/C28H37N5O3/c1-19-12-13-22(16-21(19)3)29-27(35)32(14-15-36-7)18-26(34)30-25-17-24(28(4,5)6)31-33(25)23-11-9-8-10-20(23)2/h8-13,16-17H,14-15,18H2,1-7H3,(H,29,35)(H,30,34). The third-order valence-corrected chi connectivity index (χ3v) is 6.03. The molecular weight excluding hydrogens is 454 g/mol. The molecule has 0 bridgehead atoms. The predicted molar refractivity (Wildman–Crippen MR) is 144 cm³/mol. The lowest BCUT2D eigenvalue weighted by Crippen LogP contribution is -2.42. The van der Waals surface area contributed by atoms with Gasteiger partial charge in [0.25, 0.3) is 0 Å². The molecule has 2 N–H and O–H groups in total. The van der Waals surface area contributed by atoms with Crippen molar-refractivity contribution in [3.63, 3.8) is 0 Å². The van der Waals surface area contributed by atoms with Gasteiger partial charge in [0.2, 0.25) is 5.91 Å². The van der Waals surface area contributed by atoms with Crippen molar-refractivity contribution in [3.05, 3.63) is 70.9 Å². The third kappa shape index (κ3) is 6.73. The summed E-state index contributed by atoms with van der Waals surface area (Å²) in [6, 6.07) is 15.1. The van der Waals surface area contributed by atoms with E-state index in [-0.39, 0.29) is 30.4 Å². The van der Waals surface area contributed by atoms with E-state index in [9.17, 15) is 9.59 Å². The molecule has 1 aromatic heterocycles. The van der Waals surface area contributed by atoms with E-state index in [1.54, 1.807) is 11.8 Å². The summed E-state index contributed by atoms with van der Waals surface area (Å²) in [4.78, 5) is 27.6. The number of methoxy groups -OCH3 is 1. The molecule has 8 heteroatoms. The molecule has 8 nitrogen and oxygen atoms in total. The van der Waals surface area contributed by atoms with Crippen LogP contribution in [0.5, 0.6) is 0 Å². The van der Waals surface area contributed by atoms with Gasteiger partial charge in [0.1, 0.15) is 12.4 Å². The first-order valence-corrected chi connectivity index (χ1v) is 12.1. The van der Waals surface area contributed by atoms with Crippen LogP contribution in [0.25, 0.3) is 5.69 Å². The summed E-state index contributed by atoms with van der Waals surface area (Å²) in [5.41, 5.74) is 5.46. The Kier molecular flexibility index (Phi) is 8.53. The molecule has 2 aromatic carbocycles. The summed E-state index contributed by atoms with van der Waals surface area (Å²) in [6.07, 6.45) is 0. The number of aromatic nitrogens is 2. The number of para-hydroxylation sites is 1. The number of hydrogen-bond donors (Lipinski definition) is 2. The van der Waals surface area contributed by atoms with Crippen LogP contribution in [0.3, 0.4) is 0 Å². The maximum absolute atomic E-state index is 13.2. The molecule has 0 aliphatic rings. The zero-order chi connectivity index (χ0) is 26.5. The molecule has 0 atom stereocenters. The van der Waals surface area contributed by atoms with E-state index in [2.05, 4.69) is 31.4 Å². The SMILES string of the molecule is COCCN(CC(=O)Nc1cc(C(C)(C)C)nn1-c1ccccc1C)C(=O)Nc1ccc(C)c(C)c1. The number of nitrogens with one attached hydrogen (secondary N) is 2. The molecule has 0 saturated heterocycles. The van der Waals surface area contributed by atoms with Crippen LogP contribution in [-0.2, 0) is 14.9 Å². The summed E-state index contributed by atoms with van der Waals surface area (Å²) in [6.45, 7) is 12.7. The molecule has 3 amide bonds. The van der Waals surface area contributed by atoms with Gasteiger partial charge >= 0.3 is 6.03 Å². The van der Waals surface area contributed by atoms with Gasteiger partial charge in [0.15, 0.2) is 0 Å². The molecular formula is C28H37N5O3. The van der Waals surface area contributed by atoms with Crippen molar-refractivity contribution in [2.24, 2.45) is 0 Å². The maximum Gasteiger partial charge on any atom is 0.322 e. The molecule has 0 saturated carbocycles. The van der Waals surface area contributed by atoms with Gasteiger partial charge in [0.05, 0.1) is 18.0 Å². The van der Waals surface area contributed by atoms with E-state index in [4.69, 9.17) is 9.84 Å². The van der Waals surface area contributed by atoms with Crippen molar-refractivity contribution in [2.75, 3.05) is 37.4 Å². The van der Waals surface area contributed by atoms with Gasteiger partial charge in [-0.1, -0.05) is 45.0 Å². The fourth-order valence-corrected chi connectivity index (χ4v) is 3.65. The van der Waals surface area contributed by atoms with Crippen LogP contribution in [0.2, 0.25) is 0 Å². The minimum absolute atomic E-state index is 0.135. The molecule has 3 aromatic rings. The Labute approximate surface area is 213 Å². The quantitative estimate of drug-likeness (QED) is 0.453. The summed E-state index contributed by atoms with van der Waals surface area (Å²) >= 11 is 0. The Morgan fingerprint density at radius 2 is 1.69 bits per heavy atom. The average Bonchev–Trinajstić information content (AvgIpc) is 3.23. The summed E-state index contributed by atoms with van der Waals surface area (Å²) in [5.74, 6) is 0.233. The van der Waals surface area contributed by atoms with E-state index in [0.717, 1.165) is 28.1 Å². The number of rotatable bonds is 8. The number of hydrogen-bond acceptors (Lipinski definition) is 4. The topological polar surface area (TPSA) is 88.5 Å². The number of urea groups is 1. The lowest BCUT2D eigenvalue weighted by Gasteiger charge is -2.22. The Balaban J connectivity index is 1.82. The Hall–Kier alpha value is -3.65. The van der Waals surface area contributed by atoms with Crippen molar-refractivity contribution in [1.82, 2.24) is 14.7 Å². The molecule has 0 fully saturated rings. The van der Waals surface area contributed by atoms with Crippen LogP contribution in [0.1, 0.15) is 43.2 Å². The Bertz CT molecular complexity index is 1230. The van der Waals surface area contributed by atoms with Crippen molar-refractivity contribution in [1.29, 1.82) is 0 Å². The Morgan fingerprint density at radius 1 is 0.972 bits per heavy atom. The molecule has 0 unspecified atom stereocenters. The van der Waals surface area contributed by atoms with Crippen LogP contribution < -0.4 is 10.6 Å². The molecule has 0 aliphatic carbocycles. The smallest absolute Gasteiger partial charge is 0.322 e. The number of anilines is 2. The van der Waals surface area contributed by atoms with Crippen LogP contribution >= 0.6 is 0 Å². The van der Waals surface area contributed by atoms with Gasteiger partial charge in [0, 0.05) is 30.8 Å². The number of carbonyl (C=O) groups is 2. The minimum Gasteiger partial charge on any atom is -0.383 e. The van der Waals surface area contributed by atoms with Crippen molar-refractivity contribution < 1.29 is 14.3 Å². The van der Waals surface area contributed by atoms with Gasteiger partial charge in [-0.05, 0) is 55.7 Å². The number of amides is 3.